The molecule has 0 heterocycles. The Hall–Kier alpha value is -0.740. The first-order chi connectivity index (χ1) is 5.20. The van der Waals surface area contributed by atoms with Crippen LogP contribution in [-0.2, 0) is 11.0 Å². The molecular weight excluding hydrogens is 165 g/mol. The summed E-state index contributed by atoms with van der Waals surface area (Å²) >= 11 is 0. The Morgan fingerprint density at radius 2 is 2.27 bits per heavy atom. The van der Waals surface area contributed by atoms with Gasteiger partial charge in [0.05, 0.1) is 0 Å². The Bertz CT molecular complexity index is 268. The van der Waals surface area contributed by atoms with Crippen molar-refractivity contribution in [1.29, 1.82) is 0 Å². The summed E-state index contributed by atoms with van der Waals surface area (Å²) in [6.45, 7) is 0. The zero-order valence-electron chi connectivity index (χ0n) is 5.79. The Morgan fingerprint density at radius 3 is 2.91 bits per heavy atom. The molecule has 1 atom stereocenters. The predicted molar refractivity (Wildman–Crippen MR) is 43.4 cm³/mol. The molecule has 0 fully saturated rings. The number of allylic oxidation sites excluding steroid dienone is 6. The molecule has 0 aromatic heterocycles. The molecule has 60 valence electrons. The van der Waals surface area contributed by atoms with E-state index in [0.717, 1.165) is 0 Å². The molecule has 1 aliphatic carbocycles. The van der Waals surface area contributed by atoms with Crippen molar-refractivity contribution < 1.29 is 8.60 Å². The van der Waals surface area contributed by atoms with Crippen LogP contribution < -0.4 is 5.14 Å². The lowest BCUT2D eigenvalue weighted by Crippen LogP contribution is -2.04. The molecule has 1 unspecified atom stereocenters. The van der Waals surface area contributed by atoms with Gasteiger partial charge in [-0.2, -0.15) is 0 Å². The molecule has 4 heteroatoms. The van der Waals surface area contributed by atoms with Crippen LogP contribution in [0.5, 0.6) is 0 Å². The van der Waals surface area contributed by atoms with Crippen molar-refractivity contribution in [3.05, 3.63) is 35.0 Å². The van der Waals surface area contributed by atoms with Crippen LogP contribution >= 0.6 is 0 Å². The van der Waals surface area contributed by atoms with Gasteiger partial charge in [0.25, 0.3) is 0 Å². The van der Waals surface area contributed by atoms with Crippen molar-refractivity contribution in [2.45, 2.75) is 6.42 Å². The first-order valence-corrected chi connectivity index (χ1v) is 4.30. The standard InChI is InChI=1S/C7H8FNOS/c8-6-2-1-3-7(5-4-6)11(9)10/h1-2,4-5H,3,9H2. The van der Waals surface area contributed by atoms with Gasteiger partial charge < -0.3 is 0 Å². The lowest BCUT2D eigenvalue weighted by Gasteiger charge is -1.94. The zero-order valence-corrected chi connectivity index (χ0v) is 6.60. The second kappa shape index (κ2) is 3.59. The van der Waals surface area contributed by atoms with Gasteiger partial charge in [0.1, 0.15) is 16.8 Å². The highest BCUT2D eigenvalue weighted by atomic mass is 32.2. The van der Waals surface area contributed by atoms with Crippen LogP contribution in [0.1, 0.15) is 6.42 Å². The van der Waals surface area contributed by atoms with Crippen molar-refractivity contribution >= 4 is 11.0 Å². The average Bonchev–Trinajstić information content (AvgIpc) is 2.13. The minimum Gasteiger partial charge on any atom is -0.248 e. The molecular formula is C7H8FNOS. The predicted octanol–water partition coefficient (Wildman–Crippen LogP) is 1.31. The first kappa shape index (κ1) is 8.36. The molecule has 0 bridgehead atoms. The molecule has 0 radical (unpaired) electrons. The van der Waals surface area contributed by atoms with Gasteiger partial charge in [-0.15, -0.1) is 0 Å². The summed E-state index contributed by atoms with van der Waals surface area (Å²) in [7, 11) is -1.48. The van der Waals surface area contributed by atoms with E-state index in [-0.39, 0.29) is 5.83 Å². The quantitative estimate of drug-likeness (QED) is 0.638. The Kier molecular flexibility index (Phi) is 2.73. The number of rotatable bonds is 1. The van der Waals surface area contributed by atoms with Crippen LogP contribution in [0.3, 0.4) is 0 Å². The molecule has 0 aromatic carbocycles. The van der Waals surface area contributed by atoms with Crippen molar-refractivity contribution in [3.63, 3.8) is 0 Å². The summed E-state index contributed by atoms with van der Waals surface area (Å²) in [4.78, 5) is 0.536. The van der Waals surface area contributed by atoms with E-state index in [9.17, 15) is 8.60 Å². The topological polar surface area (TPSA) is 43.1 Å². The number of halogens is 1. The van der Waals surface area contributed by atoms with Crippen molar-refractivity contribution in [2.24, 2.45) is 5.14 Å². The fourth-order valence-corrected chi connectivity index (χ4v) is 1.20. The summed E-state index contributed by atoms with van der Waals surface area (Å²) in [6.07, 6.45) is 6.08. The minimum absolute atomic E-state index is 0.342. The third-order valence-electron chi connectivity index (χ3n) is 1.28. The molecule has 0 amide bonds. The normalized spacial score (nSPS) is 20.2. The third kappa shape index (κ3) is 2.40. The lowest BCUT2D eigenvalue weighted by molar-refractivity contribution is 0.667. The van der Waals surface area contributed by atoms with Crippen LogP contribution in [-0.4, -0.2) is 4.21 Å². The molecule has 2 N–H and O–H groups in total. The van der Waals surface area contributed by atoms with E-state index < -0.39 is 11.0 Å². The van der Waals surface area contributed by atoms with Gasteiger partial charge in [0.15, 0.2) is 0 Å². The molecule has 2 nitrogen and oxygen atoms in total. The van der Waals surface area contributed by atoms with Crippen LogP contribution in [0.25, 0.3) is 0 Å². The maximum absolute atomic E-state index is 12.5. The minimum atomic E-state index is -1.48. The maximum Gasteiger partial charge on any atom is 0.122 e. The SMILES string of the molecule is NS(=O)C1=CC=C(F)C=CC1. The summed E-state index contributed by atoms with van der Waals surface area (Å²) < 4.78 is 23.2. The van der Waals surface area contributed by atoms with Gasteiger partial charge in [0.2, 0.25) is 0 Å². The van der Waals surface area contributed by atoms with E-state index in [1.165, 1.54) is 18.2 Å². The second-order valence-corrected chi connectivity index (χ2v) is 3.21. The lowest BCUT2D eigenvalue weighted by atomic mass is 10.4. The summed E-state index contributed by atoms with van der Waals surface area (Å²) in [6, 6.07) is 0. The highest BCUT2D eigenvalue weighted by Crippen LogP contribution is 2.12. The highest BCUT2D eigenvalue weighted by Gasteiger charge is 2.01. The molecule has 0 aliphatic heterocycles. The van der Waals surface area contributed by atoms with Crippen LogP contribution in [0, 0.1) is 0 Å². The molecule has 1 rings (SSSR count). The van der Waals surface area contributed by atoms with Crippen molar-refractivity contribution in [2.75, 3.05) is 0 Å². The summed E-state index contributed by atoms with van der Waals surface area (Å²) in [5.74, 6) is -0.342. The Labute approximate surface area is 66.9 Å². The van der Waals surface area contributed by atoms with Crippen LogP contribution in [0.15, 0.2) is 35.0 Å². The van der Waals surface area contributed by atoms with Gasteiger partial charge in [-0.1, -0.05) is 6.08 Å². The number of hydrogen-bond donors (Lipinski definition) is 1. The van der Waals surface area contributed by atoms with Gasteiger partial charge in [-0.25, -0.2) is 13.7 Å². The van der Waals surface area contributed by atoms with E-state index in [2.05, 4.69) is 0 Å². The van der Waals surface area contributed by atoms with Crippen LogP contribution in [0.4, 0.5) is 4.39 Å². The smallest absolute Gasteiger partial charge is 0.122 e. The second-order valence-electron chi connectivity index (χ2n) is 2.09. The van der Waals surface area contributed by atoms with E-state index in [4.69, 9.17) is 5.14 Å². The highest BCUT2D eigenvalue weighted by molar-refractivity contribution is 7.86. The monoisotopic (exact) mass is 173 g/mol. The molecule has 11 heavy (non-hydrogen) atoms. The first-order valence-electron chi connectivity index (χ1n) is 3.09. The Balaban J connectivity index is 2.86. The largest absolute Gasteiger partial charge is 0.248 e. The maximum atomic E-state index is 12.5. The Morgan fingerprint density at radius 1 is 1.55 bits per heavy atom. The fraction of sp³-hybridized carbons (Fsp3) is 0.143. The molecule has 0 saturated heterocycles. The van der Waals surface area contributed by atoms with E-state index >= 15 is 0 Å². The molecule has 0 spiro atoms. The third-order valence-corrected chi connectivity index (χ3v) is 2.10. The van der Waals surface area contributed by atoms with E-state index in [0.29, 0.717) is 11.3 Å². The van der Waals surface area contributed by atoms with Gasteiger partial charge >= 0.3 is 0 Å². The number of nitrogens with two attached hydrogens (primary N) is 1. The van der Waals surface area contributed by atoms with Gasteiger partial charge in [-0.3, -0.25) is 0 Å². The van der Waals surface area contributed by atoms with E-state index in [1.807, 2.05) is 0 Å². The van der Waals surface area contributed by atoms with Crippen molar-refractivity contribution in [3.8, 4) is 0 Å². The number of hydrogen-bond acceptors (Lipinski definition) is 1. The van der Waals surface area contributed by atoms with Gasteiger partial charge in [-0.05, 0) is 18.2 Å². The van der Waals surface area contributed by atoms with E-state index in [1.54, 1.807) is 6.08 Å². The molecule has 0 saturated carbocycles. The summed E-state index contributed by atoms with van der Waals surface area (Å²) in [5.41, 5.74) is 0. The van der Waals surface area contributed by atoms with Crippen LogP contribution in [0.2, 0.25) is 0 Å². The van der Waals surface area contributed by atoms with Gasteiger partial charge in [0, 0.05) is 11.3 Å². The zero-order chi connectivity index (χ0) is 8.27. The van der Waals surface area contributed by atoms with Crippen molar-refractivity contribution in [1.82, 2.24) is 0 Å². The summed E-state index contributed by atoms with van der Waals surface area (Å²) in [5, 5.41) is 5.10. The average molecular weight is 173 g/mol. The molecule has 0 aromatic rings. The molecule has 1 aliphatic rings. The fourth-order valence-electron chi connectivity index (χ4n) is 0.733.